The number of aromatic amines is 1. The maximum absolute atomic E-state index is 11.4. The molecular formula is C12H19N3O3. The molecule has 0 aliphatic rings. The Bertz CT molecular complexity index is 540. The SMILES string of the molecule is C.CCCNC(=O)/C=C/c1cn(C)c(=O)[nH]c1=O. The molecule has 0 saturated carbocycles. The fourth-order valence-electron chi connectivity index (χ4n) is 1.17. The third-order valence-electron chi connectivity index (χ3n) is 2.10. The summed E-state index contributed by atoms with van der Waals surface area (Å²) in [6.45, 7) is 2.54. The smallest absolute Gasteiger partial charge is 0.328 e. The number of aryl methyl sites for hydroxylation is 1. The minimum absolute atomic E-state index is 0. The van der Waals surface area contributed by atoms with Crippen molar-refractivity contribution in [3.8, 4) is 0 Å². The van der Waals surface area contributed by atoms with Crippen molar-refractivity contribution in [1.82, 2.24) is 14.9 Å². The van der Waals surface area contributed by atoms with E-state index >= 15 is 0 Å². The minimum Gasteiger partial charge on any atom is -0.353 e. The number of carbonyl (C=O) groups is 1. The van der Waals surface area contributed by atoms with Gasteiger partial charge < -0.3 is 9.88 Å². The predicted molar refractivity (Wildman–Crippen MR) is 71.4 cm³/mol. The quantitative estimate of drug-likeness (QED) is 0.754. The van der Waals surface area contributed by atoms with Crippen LogP contribution in [0, 0.1) is 0 Å². The number of aromatic nitrogens is 2. The minimum atomic E-state index is -0.507. The lowest BCUT2D eigenvalue weighted by Crippen LogP contribution is -2.29. The summed E-state index contributed by atoms with van der Waals surface area (Å²) < 4.78 is 1.24. The predicted octanol–water partition coefficient (Wildman–Crippen LogP) is 0.249. The fourth-order valence-corrected chi connectivity index (χ4v) is 1.17. The van der Waals surface area contributed by atoms with Crippen LogP contribution in [0.2, 0.25) is 0 Å². The third-order valence-corrected chi connectivity index (χ3v) is 2.10. The zero-order valence-electron chi connectivity index (χ0n) is 9.82. The molecule has 1 heterocycles. The van der Waals surface area contributed by atoms with Crippen LogP contribution < -0.4 is 16.6 Å². The Hall–Kier alpha value is -2.11. The number of rotatable bonds is 4. The first-order valence-corrected chi connectivity index (χ1v) is 5.30. The molecule has 0 aliphatic heterocycles. The summed E-state index contributed by atoms with van der Waals surface area (Å²) >= 11 is 0. The van der Waals surface area contributed by atoms with Crippen LogP contribution in [0.15, 0.2) is 21.9 Å². The first kappa shape index (κ1) is 15.9. The molecule has 0 aliphatic carbocycles. The van der Waals surface area contributed by atoms with E-state index in [2.05, 4.69) is 10.3 Å². The highest BCUT2D eigenvalue weighted by Crippen LogP contribution is 1.90. The van der Waals surface area contributed by atoms with Gasteiger partial charge >= 0.3 is 5.69 Å². The molecule has 0 atom stereocenters. The number of H-pyrrole nitrogens is 1. The van der Waals surface area contributed by atoms with Crippen molar-refractivity contribution in [3.05, 3.63) is 38.7 Å². The molecule has 6 heteroatoms. The van der Waals surface area contributed by atoms with Crippen LogP contribution in [0.5, 0.6) is 0 Å². The summed E-state index contributed by atoms with van der Waals surface area (Å²) in [6.07, 6.45) is 4.87. The lowest BCUT2D eigenvalue weighted by atomic mass is 10.3. The maximum Gasteiger partial charge on any atom is 0.328 e. The number of carbonyl (C=O) groups excluding carboxylic acids is 1. The van der Waals surface area contributed by atoms with Gasteiger partial charge in [-0.1, -0.05) is 14.4 Å². The van der Waals surface area contributed by atoms with Crippen molar-refractivity contribution < 1.29 is 4.79 Å². The Morgan fingerprint density at radius 2 is 2.17 bits per heavy atom. The van der Waals surface area contributed by atoms with E-state index in [1.807, 2.05) is 6.92 Å². The van der Waals surface area contributed by atoms with E-state index in [1.54, 1.807) is 0 Å². The van der Waals surface area contributed by atoms with Gasteiger partial charge in [-0.2, -0.15) is 0 Å². The van der Waals surface area contributed by atoms with E-state index in [9.17, 15) is 14.4 Å². The van der Waals surface area contributed by atoms with Gasteiger partial charge in [-0.25, -0.2) is 4.79 Å². The largest absolute Gasteiger partial charge is 0.353 e. The molecule has 0 spiro atoms. The fraction of sp³-hybridized carbons (Fsp3) is 0.417. The van der Waals surface area contributed by atoms with Gasteiger partial charge in [0.15, 0.2) is 0 Å². The summed E-state index contributed by atoms with van der Waals surface area (Å²) in [5.74, 6) is -0.264. The first-order chi connectivity index (χ1) is 8.04. The second kappa shape index (κ2) is 7.26. The van der Waals surface area contributed by atoms with E-state index in [1.165, 1.54) is 30.0 Å². The molecule has 1 amide bonds. The highest BCUT2D eigenvalue weighted by Gasteiger charge is 1.99. The molecule has 18 heavy (non-hydrogen) atoms. The Kier molecular flexibility index (Phi) is 6.41. The molecule has 0 fully saturated rings. The average molecular weight is 253 g/mol. The highest BCUT2D eigenvalue weighted by molar-refractivity contribution is 5.91. The Balaban J connectivity index is 0.00000289. The molecule has 1 aromatic heterocycles. The molecule has 0 bridgehead atoms. The molecule has 0 unspecified atom stereocenters. The summed E-state index contributed by atoms with van der Waals surface area (Å²) in [5, 5.41) is 2.64. The van der Waals surface area contributed by atoms with Gasteiger partial charge in [-0.3, -0.25) is 14.6 Å². The number of nitrogens with zero attached hydrogens (tertiary/aromatic N) is 1. The molecular weight excluding hydrogens is 234 g/mol. The van der Waals surface area contributed by atoms with Crippen LogP contribution in [0.1, 0.15) is 26.3 Å². The summed E-state index contributed by atoms with van der Waals surface area (Å²) in [6, 6.07) is 0. The van der Waals surface area contributed by atoms with E-state index in [4.69, 9.17) is 0 Å². The number of hydrogen-bond donors (Lipinski definition) is 2. The topological polar surface area (TPSA) is 84.0 Å². The van der Waals surface area contributed by atoms with Crippen molar-refractivity contribution in [2.75, 3.05) is 6.54 Å². The van der Waals surface area contributed by atoms with E-state index in [0.29, 0.717) is 6.54 Å². The van der Waals surface area contributed by atoms with Gasteiger partial charge in [-0.05, 0) is 12.5 Å². The van der Waals surface area contributed by atoms with Gasteiger partial charge in [-0.15, -0.1) is 0 Å². The van der Waals surface area contributed by atoms with Crippen molar-refractivity contribution >= 4 is 12.0 Å². The van der Waals surface area contributed by atoms with Crippen LogP contribution in [0.25, 0.3) is 6.08 Å². The van der Waals surface area contributed by atoms with Crippen LogP contribution in [0.4, 0.5) is 0 Å². The maximum atomic E-state index is 11.4. The van der Waals surface area contributed by atoms with E-state index < -0.39 is 11.2 Å². The van der Waals surface area contributed by atoms with Gasteiger partial charge in [0.1, 0.15) is 0 Å². The Morgan fingerprint density at radius 1 is 1.50 bits per heavy atom. The van der Waals surface area contributed by atoms with Crippen LogP contribution in [-0.2, 0) is 11.8 Å². The lowest BCUT2D eigenvalue weighted by Gasteiger charge is -1.99. The molecule has 6 nitrogen and oxygen atoms in total. The molecule has 2 N–H and O–H groups in total. The standard InChI is InChI=1S/C11H15N3O3.CH4/c1-3-6-12-9(15)5-4-8-7-14(2)11(17)13-10(8)16;/h4-5,7H,3,6H2,1-2H3,(H,12,15)(H,13,16,17);1H4/b5-4+;. The Labute approximate surface area is 105 Å². The molecule has 100 valence electrons. The van der Waals surface area contributed by atoms with Crippen LogP contribution in [0.3, 0.4) is 0 Å². The molecule has 1 rings (SSSR count). The number of nitrogens with one attached hydrogen (secondary N) is 2. The van der Waals surface area contributed by atoms with Crippen molar-refractivity contribution in [2.45, 2.75) is 20.8 Å². The molecule has 1 aromatic rings. The van der Waals surface area contributed by atoms with Gasteiger partial charge in [0, 0.05) is 25.9 Å². The monoisotopic (exact) mass is 253 g/mol. The van der Waals surface area contributed by atoms with E-state index in [-0.39, 0.29) is 18.9 Å². The van der Waals surface area contributed by atoms with Gasteiger partial charge in [0.2, 0.25) is 5.91 Å². The third kappa shape index (κ3) is 4.40. The van der Waals surface area contributed by atoms with Crippen molar-refractivity contribution in [2.24, 2.45) is 7.05 Å². The normalized spacial score (nSPS) is 10.1. The summed E-state index contributed by atoms with van der Waals surface area (Å²) in [7, 11) is 1.52. The lowest BCUT2D eigenvalue weighted by molar-refractivity contribution is -0.116. The molecule has 0 saturated heterocycles. The summed E-state index contributed by atoms with van der Waals surface area (Å²) in [4.78, 5) is 35.8. The average Bonchev–Trinajstić information content (AvgIpc) is 2.29. The van der Waals surface area contributed by atoms with Crippen LogP contribution in [-0.4, -0.2) is 22.0 Å². The summed E-state index contributed by atoms with van der Waals surface area (Å²) in [5.41, 5.74) is -0.728. The van der Waals surface area contributed by atoms with Gasteiger partial charge in [0.05, 0.1) is 5.56 Å². The zero-order chi connectivity index (χ0) is 12.8. The molecule has 0 aromatic carbocycles. The highest BCUT2D eigenvalue weighted by atomic mass is 16.2. The number of hydrogen-bond acceptors (Lipinski definition) is 3. The van der Waals surface area contributed by atoms with E-state index in [0.717, 1.165) is 6.42 Å². The first-order valence-electron chi connectivity index (χ1n) is 5.30. The molecule has 0 radical (unpaired) electrons. The van der Waals surface area contributed by atoms with Crippen molar-refractivity contribution in [3.63, 3.8) is 0 Å². The van der Waals surface area contributed by atoms with Crippen molar-refractivity contribution in [1.29, 1.82) is 0 Å². The van der Waals surface area contributed by atoms with Crippen LogP contribution >= 0.6 is 0 Å². The zero-order valence-corrected chi connectivity index (χ0v) is 9.82. The number of amides is 1. The Morgan fingerprint density at radius 3 is 2.78 bits per heavy atom. The second-order valence-electron chi connectivity index (χ2n) is 3.58. The van der Waals surface area contributed by atoms with Gasteiger partial charge in [0.25, 0.3) is 5.56 Å². The second-order valence-corrected chi connectivity index (χ2v) is 3.58.